The fourth-order valence-electron chi connectivity index (χ4n) is 2.47. The summed E-state index contributed by atoms with van der Waals surface area (Å²) in [5.74, 6) is 0.900. The summed E-state index contributed by atoms with van der Waals surface area (Å²) in [4.78, 5) is 0. The zero-order valence-electron chi connectivity index (χ0n) is 13.3. The molecule has 2 aromatic rings. The molecule has 2 rings (SSSR count). The molecule has 4 nitrogen and oxygen atoms in total. The van der Waals surface area contributed by atoms with Crippen molar-refractivity contribution >= 4 is 11.6 Å². The molecule has 0 saturated heterocycles. The van der Waals surface area contributed by atoms with Crippen molar-refractivity contribution < 1.29 is 9.63 Å². The molecule has 0 aliphatic carbocycles. The minimum Gasteiger partial charge on any atom is -0.394 e. The predicted octanol–water partition coefficient (Wildman–Crippen LogP) is 3.28. The maximum Gasteiger partial charge on any atom is 0.141 e. The Bertz CT molecular complexity index is 610. The van der Waals surface area contributed by atoms with Crippen LogP contribution in [-0.2, 0) is 19.4 Å². The van der Waals surface area contributed by atoms with E-state index in [-0.39, 0.29) is 6.61 Å². The van der Waals surface area contributed by atoms with Gasteiger partial charge >= 0.3 is 0 Å². The highest BCUT2D eigenvalue weighted by Crippen LogP contribution is 2.19. The van der Waals surface area contributed by atoms with Crippen molar-refractivity contribution in [3.8, 4) is 0 Å². The van der Waals surface area contributed by atoms with E-state index < -0.39 is 5.54 Å². The zero-order chi connectivity index (χ0) is 16.2. The highest BCUT2D eigenvalue weighted by atomic mass is 35.5. The maximum atomic E-state index is 9.80. The van der Waals surface area contributed by atoms with E-state index in [1.807, 2.05) is 45.0 Å². The third-order valence-electron chi connectivity index (χ3n) is 3.94. The summed E-state index contributed by atoms with van der Waals surface area (Å²) >= 11 is 5.91. The van der Waals surface area contributed by atoms with Crippen molar-refractivity contribution in [1.29, 1.82) is 0 Å². The Balaban J connectivity index is 2.06. The number of halogens is 1. The molecule has 22 heavy (non-hydrogen) atoms. The van der Waals surface area contributed by atoms with Gasteiger partial charge in [0, 0.05) is 29.1 Å². The van der Waals surface area contributed by atoms with Crippen LogP contribution >= 0.6 is 11.6 Å². The van der Waals surface area contributed by atoms with Gasteiger partial charge in [0.15, 0.2) is 0 Å². The van der Waals surface area contributed by atoms with Gasteiger partial charge in [0.05, 0.1) is 12.3 Å². The Morgan fingerprint density at radius 3 is 2.59 bits per heavy atom. The minimum atomic E-state index is -0.414. The standard InChI is InChI=1S/C17H23ClN2O2/c1-4-16-15(12(2)20-22-16)10-19-17(3,11-21)9-13-5-7-14(18)8-6-13/h5-8,19,21H,4,9-11H2,1-3H3. The molecule has 1 unspecified atom stereocenters. The molecule has 5 heteroatoms. The lowest BCUT2D eigenvalue weighted by atomic mass is 9.93. The number of aryl methyl sites for hydroxylation is 2. The molecule has 120 valence electrons. The molecule has 0 aliphatic rings. The highest BCUT2D eigenvalue weighted by molar-refractivity contribution is 6.30. The van der Waals surface area contributed by atoms with Crippen LogP contribution in [0.15, 0.2) is 28.8 Å². The Labute approximate surface area is 136 Å². The number of hydrogen-bond donors (Lipinski definition) is 2. The highest BCUT2D eigenvalue weighted by Gasteiger charge is 2.24. The molecule has 0 aliphatic heterocycles. The van der Waals surface area contributed by atoms with Crippen LogP contribution in [0.4, 0.5) is 0 Å². The fraction of sp³-hybridized carbons (Fsp3) is 0.471. The van der Waals surface area contributed by atoms with Crippen molar-refractivity contribution in [3.63, 3.8) is 0 Å². The van der Waals surface area contributed by atoms with E-state index in [4.69, 9.17) is 16.1 Å². The molecule has 1 atom stereocenters. The van der Waals surface area contributed by atoms with Crippen LogP contribution in [-0.4, -0.2) is 22.4 Å². The number of nitrogens with zero attached hydrogens (tertiary/aromatic N) is 1. The molecule has 0 saturated carbocycles. The molecule has 2 N–H and O–H groups in total. The smallest absolute Gasteiger partial charge is 0.141 e. The van der Waals surface area contributed by atoms with E-state index in [0.717, 1.165) is 34.0 Å². The summed E-state index contributed by atoms with van der Waals surface area (Å²) in [7, 11) is 0. The molecule has 0 fully saturated rings. The summed E-state index contributed by atoms with van der Waals surface area (Å²) in [6.45, 7) is 6.66. The van der Waals surface area contributed by atoms with Crippen LogP contribution < -0.4 is 5.32 Å². The third-order valence-corrected chi connectivity index (χ3v) is 4.19. The lowest BCUT2D eigenvalue weighted by Crippen LogP contribution is -2.47. The molecular weight excluding hydrogens is 300 g/mol. The molecule has 1 aromatic heterocycles. The largest absolute Gasteiger partial charge is 0.394 e. The van der Waals surface area contributed by atoms with Gasteiger partial charge in [-0.05, 0) is 38.0 Å². The first kappa shape index (κ1) is 17.0. The predicted molar refractivity (Wildman–Crippen MR) is 88.1 cm³/mol. The van der Waals surface area contributed by atoms with Gasteiger partial charge in [-0.25, -0.2) is 0 Å². The molecule has 1 aromatic carbocycles. The Hall–Kier alpha value is -1.36. The molecule has 0 spiro atoms. The lowest BCUT2D eigenvalue weighted by Gasteiger charge is -2.29. The van der Waals surface area contributed by atoms with Gasteiger partial charge in [0.1, 0.15) is 5.76 Å². The van der Waals surface area contributed by atoms with Gasteiger partial charge in [-0.2, -0.15) is 0 Å². The Kier molecular flexibility index (Phi) is 5.62. The topological polar surface area (TPSA) is 58.3 Å². The molecule has 0 radical (unpaired) electrons. The Morgan fingerprint density at radius 1 is 1.32 bits per heavy atom. The summed E-state index contributed by atoms with van der Waals surface area (Å²) in [5.41, 5.74) is 2.70. The van der Waals surface area contributed by atoms with Crippen molar-refractivity contribution in [1.82, 2.24) is 10.5 Å². The lowest BCUT2D eigenvalue weighted by molar-refractivity contribution is 0.172. The summed E-state index contributed by atoms with van der Waals surface area (Å²) in [6, 6.07) is 7.71. The number of nitrogens with one attached hydrogen (secondary N) is 1. The second-order valence-electron chi connectivity index (χ2n) is 5.90. The van der Waals surface area contributed by atoms with Gasteiger partial charge in [0.2, 0.25) is 0 Å². The average Bonchev–Trinajstić information content (AvgIpc) is 2.88. The maximum absolute atomic E-state index is 9.80. The van der Waals surface area contributed by atoms with Crippen LogP contribution in [0.1, 0.15) is 36.4 Å². The first-order valence-electron chi connectivity index (χ1n) is 7.52. The van der Waals surface area contributed by atoms with Crippen LogP contribution in [0.3, 0.4) is 0 Å². The fourth-order valence-corrected chi connectivity index (χ4v) is 2.59. The van der Waals surface area contributed by atoms with Gasteiger partial charge < -0.3 is 14.9 Å². The number of benzene rings is 1. The van der Waals surface area contributed by atoms with Gasteiger partial charge in [0.25, 0.3) is 0 Å². The second-order valence-corrected chi connectivity index (χ2v) is 6.34. The summed E-state index contributed by atoms with van der Waals surface area (Å²) in [6.07, 6.45) is 1.53. The molecule has 0 amide bonds. The molecule has 0 bridgehead atoms. The van der Waals surface area contributed by atoms with Crippen molar-refractivity contribution in [2.75, 3.05) is 6.61 Å². The Morgan fingerprint density at radius 2 is 2.00 bits per heavy atom. The van der Waals surface area contributed by atoms with Crippen LogP contribution in [0.2, 0.25) is 5.02 Å². The minimum absolute atomic E-state index is 0.0431. The van der Waals surface area contributed by atoms with E-state index in [1.165, 1.54) is 0 Å². The van der Waals surface area contributed by atoms with Crippen LogP contribution in [0, 0.1) is 6.92 Å². The van der Waals surface area contributed by atoms with Gasteiger partial charge in [-0.1, -0.05) is 35.8 Å². The first-order chi connectivity index (χ1) is 10.5. The van der Waals surface area contributed by atoms with Crippen LogP contribution in [0.5, 0.6) is 0 Å². The summed E-state index contributed by atoms with van der Waals surface area (Å²) < 4.78 is 5.31. The number of hydrogen-bond acceptors (Lipinski definition) is 4. The number of aliphatic hydroxyl groups is 1. The molecule has 1 heterocycles. The summed E-state index contributed by atoms with van der Waals surface area (Å²) in [5, 5.41) is 18.0. The number of aromatic nitrogens is 1. The van der Waals surface area contributed by atoms with Gasteiger partial charge in [-0.3, -0.25) is 0 Å². The van der Waals surface area contributed by atoms with E-state index in [0.29, 0.717) is 13.0 Å². The van der Waals surface area contributed by atoms with Crippen LogP contribution in [0.25, 0.3) is 0 Å². The SMILES string of the molecule is CCc1onc(C)c1CNC(C)(CO)Cc1ccc(Cl)cc1. The molecular formula is C17H23ClN2O2. The van der Waals surface area contributed by atoms with Crippen molar-refractivity contribution in [2.24, 2.45) is 0 Å². The van der Waals surface area contributed by atoms with E-state index >= 15 is 0 Å². The monoisotopic (exact) mass is 322 g/mol. The van der Waals surface area contributed by atoms with E-state index in [1.54, 1.807) is 0 Å². The van der Waals surface area contributed by atoms with Crippen molar-refractivity contribution in [3.05, 3.63) is 51.9 Å². The first-order valence-corrected chi connectivity index (χ1v) is 7.89. The number of rotatable bonds is 7. The second kappa shape index (κ2) is 7.27. The average molecular weight is 323 g/mol. The zero-order valence-corrected chi connectivity index (χ0v) is 14.1. The van der Waals surface area contributed by atoms with E-state index in [9.17, 15) is 5.11 Å². The van der Waals surface area contributed by atoms with E-state index in [2.05, 4.69) is 10.5 Å². The number of aliphatic hydroxyl groups excluding tert-OH is 1. The third kappa shape index (κ3) is 4.09. The normalized spacial score (nSPS) is 14.0. The quantitative estimate of drug-likeness (QED) is 0.821. The van der Waals surface area contributed by atoms with Gasteiger partial charge in [-0.15, -0.1) is 0 Å². The van der Waals surface area contributed by atoms with Crippen molar-refractivity contribution in [2.45, 2.75) is 45.7 Å².